The topological polar surface area (TPSA) is 63.6 Å². The quantitative estimate of drug-likeness (QED) is 0.669. The summed E-state index contributed by atoms with van der Waals surface area (Å²) in [5, 5.41) is 8.88. The Kier molecular flexibility index (Phi) is 4.75. The zero-order valence-corrected chi connectivity index (χ0v) is 10.2. The maximum absolute atomic E-state index is 12.5. The summed E-state index contributed by atoms with van der Waals surface area (Å²) in [5.41, 5.74) is -1.75. The highest BCUT2D eigenvalue weighted by atomic mass is 19.4. The molecule has 1 rings (SSSR count). The molecule has 0 aliphatic carbocycles. The minimum Gasteiger partial charge on any atom is -0.478 e. The number of carboxylic acid groups (broad SMARTS) is 1. The minimum atomic E-state index is -4.64. The van der Waals surface area contributed by atoms with Crippen molar-refractivity contribution >= 4 is 11.9 Å². The molecule has 0 saturated heterocycles. The molecular weight excluding hydrogens is 277 g/mol. The standard InChI is InChI=1S/C13H9F3O4/c1-20-11(17)4-2-3-8-5-6-9(13(14,15)16)7-10(8)12(18)19/h5-7H,4H2,1H3,(H,18,19). The number of carbonyl (C=O) groups is 2. The molecule has 1 N–H and O–H groups in total. The number of ether oxygens (including phenoxy) is 1. The van der Waals surface area contributed by atoms with Crippen LogP contribution < -0.4 is 0 Å². The molecule has 0 atom stereocenters. The molecule has 0 spiro atoms. The van der Waals surface area contributed by atoms with Crippen molar-refractivity contribution < 1.29 is 32.6 Å². The molecule has 106 valence electrons. The van der Waals surface area contributed by atoms with Crippen molar-refractivity contribution in [1.82, 2.24) is 0 Å². The summed E-state index contributed by atoms with van der Waals surface area (Å²) < 4.78 is 41.8. The van der Waals surface area contributed by atoms with Crippen molar-refractivity contribution in [3.8, 4) is 11.8 Å². The summed E-state index contributed by atoms with van der Waals surface area (Å²) in [6.07, 6.45) is -4.92. The van der Waals surface area contributed by atoms with Gasteiger partial charge in [0.05, 0.1) is 18.2 Å². The van der Waals surface area contributed by atoms with Gasteiger partial charge in [-0.05, 0) is 18.2 Å². The predicted molar refractivity (Wildman–Crippen MR) is 61.9 cm³/mol. The zero-order valence-electron chi connectivity index (χ0n) is 10.2. The van der Waals surface area contributed by atoms with Gasteiger partial charge in [-0.15, -0.1) is 0 Å². The average Bonchev–Trinajstić information content (AvgIpc) is 2.37. The van der Waals surface area contributed by atoms with Crippen LogP contribution in [0.5, 0.6) is 0 Å². The number of rotatable bonds is 2. The Hall–Kier alpha value is -2.49. The fourth-order valence-corrected chi connectivity index (χ4v) is 1.29. The number of benzene rings is 1. The molecule has 0 amide bonds. The van der Waals surface area contributed by atoms with Gasteiger partial charge >= 0.3 is 18.1 Å². The van der Waals surface area contributed by atoms with E-state index < -0.39 is 29.2 Å². The van der Waals surface area contributed by atoms with E-state index in [1.54, 1.807) is 0 Å². The minimum absolute atomic E-state index is 0.102. The lowest BCUT2D eigenvalue weighted by atomic mass is 10.0. The first-order chi connectivity index (χ1) is 9.25. The van der Waals surface area contributed by atoms with E-state index in [0.29, 0.717) is 6.07 Å². The van der Waals surface area contributed by atoms with Gasteiger partial charge in [-0.1, -0.05) is 11.8 Å². The van der Waals surface area contributed by atoms with Crippen LogP contribution in [-0.4, -0.2) is 24.2 Å². The zero-order chi connectivity index (χ0) is 15.3. The summed E-state index contributed by atoms with van der Waals surface area (Å²) in [5.74, 6) is 2.52. The number of alkyl halides is 3. The van der Waals surface area contributed by atoms with Crippen LogP contribution in [0.25, 0.3) is 0 Å². The Labute approximate surface area is 112 Å². The van der Waals surface area contributed by atoms with Gasteiger partial charge in [0.15, 0.2) is 0 Å². The number of esters is 1. The van der Waals surface area contributed by atoms with Crippen molar-refractivity contribution in [2.45, 2.75) is 12.6 Å². The molecular formula is C13H9F3O4. The Morgan fingerprint density at radius 3 is 2.50 bits per heavy atom. The molecule has 0 aromatic heterocycles. The van der Waals surface area contributed by atoms with Gasteiger partial charge in [-0.2, -0.15) is 13.2 Å². The number of carbonyl (C=O) groups excluding carboxylic acids is 1. The van der Waals surface area contributed by atoms with Gasteiger partial charge in [0.25, 0.3) is 0 Å². The number of methoxy groups -OCH3 is 1. The number of hydrogen-bond acceptors (Lipinski definition) is 3. The fourth-order valence-electron chi connectivity index (χ4n) is 1.29. The molecule has 0 saturated carbocycles. The highest BCUT2D eigenvalue weighted by molar-refractivity contribution is 5.91. The lowest BCUT2D eigenvalue weighted by Crippen LogP contribution is -2.09. The van der Waals surface area contributed by atoms with Gasteiger partial charge in [-0.25, -0.2) is 4.79 Å². The van der Waals surface area contributed by atoms with Gasteiger partial charge in [0.1, 0.15) is 6.42 Å². The van der Waals surface area contributed by atoms with Gasteiger partial charge in [-0.3, -0.25) is 4.79 Å². The normalized spacial score (nSPS) is 10.4. The average molecular weight is 286 g/mol. The first kappa shape index (κ1) is 15.6. The first-order valence-corrected chi connectivity index (χ1v) is 5.26. The summed E-state index contributed by atoms with van der Waals surface area (Å²) in [6.45, 7) is 0. The fraction of sp³-hybridized carbons (Fsp3) is 0.231. The maximum atomic E-state index is 12.5. The Balaban J connectivity index is 3.15. The van der Waals surface area contributed by atoms with Crippen LogP contribution in [0.2, 0.25) is 0 Å². The number of carboxylic acids is 1. The molecule has 0 unspecified atom stereocenters. The van der Waals surface area contributed by atoms with Crippen LogP contribution in [0.15, 0.2) is 18.2 Å². The second-order valence-corrected chi connectivity index (χ2v) is 3.62. The monoisotopic (exact) mass is 286 g/mol. The van der Waals surface area contributed by atoms with E-state index in [2.05, 4.69) is 16.6 Å². The summed E-state index contributed by atoms with van der Waals surface area (Å²) in [7, 11) is 1.16. The van der Waals surface area contributed by atoms with Gasteiger partial charge in [0, 0.05) is 5.56 Å². The molecule has 1 aromatic carbocycles. The van der Waals surface area contributed by atoms with Crippen LogP contribution in [0.3, 0.4) is 0 Å². The molecule has 0 heterocycles. The van der Waals surface area contributed by atoms with Crippen LogP contribution >= 0.6 is 0 Å². The van der Waals surface area contributed by atoms with Crippen LogP contribution in [0.1, 0.15) is 27.9 Å². The van der Waals surface area contributed by atoms with Gasteiger partial charge in [0.2, 0.25) is 0 Å². The SMILES string of the molecule is COC(=O)CC#Cc1ccc(C(F)(F)F)cc1C(=O)O. The summed E-state index contributed by atoms with van der Waals surface area (Å²) in [4.78, 5) is 21.7. The van der Waals surface area contributed by atoms with E-state index in [4.69, 9.17) is 5.11 Å². The molecule has 0 radical (unpaired) electrons. The van der Waals surface area contributed by atoms with Crippen LogP contribution in [-0.2, 0) is 15.7 Å². The molecule has 0 bridgehead atoms. The van der Waals surface area contributed by atoms with E-state index in [1.807, 2.05) is 0 Å². The lowest BCUT2D eigenvalue weighted by molar-refractivity contribution is -0.139. The van der Waals surface area contributed by atoms with E-state index in [1.165, 1.54) is 0 Å². The third-order valence-electron chi connectivity index (χ3n) is 2.26. The molecule has 0 fully saturated rings. The highest BCUT2D eigenvalue weighted by Gasteiger charge is 2.31. The second-order valence-electron chi connectivity index (χ2n) is 3.62. The molecule has 1 aromatic rings. The third kappa shape index (κ3) is 4.02. The van der Waals surface area contributed by atoms with E-state index in [9.17, 15) is 22.8 Å². The van der Waals surface area contributed by atoms with Crippen molar-refractivity contribution in [3.63, 3.8) is 0 Å². The largest absolute Gasteiger partial charge is 0.478 e. The Morgan fingerprint density at radius 2 is 2.00 bits per heavy atom. The number of halogens is 3. The first-order valence-electron chi connectivity index (χ1n) is 5.26. The smallest absolute Gasteiger partial charge is 0.416 e. The molecule has 7 heteroatoms. The van der Waals surface area contributed by atoms with Crippen molar-refractivity contribution in [3.05, 3.63) is 34.9 Å². The van der Waals surface area contributed by atoms with Crippen molar-refractivity contribution in [2.24, 2.45) is 0 Å². The van der Waals surface area contributed by atoms with Crippen molar-refractivity contribution in [2.75, 3.05) is 7.11 Å². The molecule has 20 heavy (non-hydrogen) atoms. The maximum Gasteiger partial charge on any atom is 0.416 e. The number of aromatic carboxylic acids is 1. The van der Waals surface area contributed by atoms with Crippen molar-refractivity contribution in [1.29, 1.82) is 0 Å². The van der Waals surface area contributed by atoms with E-state index in [0.717, 1.165) is 19.2 Å². The van der Waals surface area contributed by atoms with E-state index >= 15 is 0 Å². The summed E-state index contributed by atoms with van der Waals surface area (Å²) in [6, 6.07) is 2.19. The molecule has 0 aliphatic rings. The summed E-state index contributed by atoms with van der Waals surface area (Å²) >= 11 is 0. The Bertz CT molecular complexity index is 594. The molecule has 0 aliphatic heterocycles. The van der Waals surface area contributed by atoms with E-state index in [-0.39, 0.29) is 12.0 Å². The molecule has 4 nitrogen and oxygen atoms in total. The third-order valence-corrected chi connectivity index (χ3v) is 2.26. The number of hydrogen-bond donors (Lipinski definition) is 1. The van der Waals surface area contributed by atoms with Crippen LogP contribution in [0, 0.1) is 11.8 Å². The highest BCUT2D eigenvalue weighted by Crippen LogP contribution is 2.30. The second kappa shape index (κ2) is 6.10. The lowest BCUT2D eigenvalue weighted by Gasteiger charge is -2.08. The van der Waals surface area contributed by atoms with Gasteiger partial charge < -0.3 is 9.84 Å². The van der Waals surface area contributed by atoms with Crippen LogP contribution in [0.4, 0.5) is 13.2 Å². The Morgan fingerprint density at radius 1 is 1.35 bits per heavy atom. The predicted octanol–water partition coefficient (Wildman–Crippen LogP) is 2.32.